The quantitative estimate of drug-likeness (QED) is 0.269. The number of hydrogen-bond acceptors (Lipinski definition) is 3. The molecule has 0 saturated carbocycles. The molecule has 0 saturated heterocycles. The van der Waals surface area contributed by atoms with Crippen LogP contribution in [0, 0.1) is 0 Å². The maximum absolute atomic E-state index is 5.49. The zero-order chi connectivity index (χ0) is 10.8. The van der Waals surface area contributed by atoms with E-state index < -0.39 is 0 Å². The molecule has 0 bridgehead atoms. The minimum absolute atomic E-state index is 0.453. The Kier molecular flexibility index (Phi) is 9.57. The van der Waals surface area contributed by atoms with E-state index in [2.05, 4.69) is 25.9 Å². The molecule has 3 N–H and O–H groups in total. The van der Waals surface area contributed by atoms with Gasteiger partial charge in [-0.15, -0.1) is 6.58 Å². The summed E-state index contributed by atoms with van der Waals surface area (Å²) in [5.41, 5.74) is 2.89. The minimum atomic E-state index is 0.453. The monoisotopic (exact) mass is 216 g/mol. The molecule has 0 aromatic heterocycles. The first kappa shape index (κ1) is 14.0. The second-order valence-electron chi connectivity index (χ2n) is 3.64. The van der Waals surface area contributed by atoms with Crippen molar-refractivity contribution in [1.82, 2.24) is 5.43 Å². The Morgan fingerprint density at radius 2 is 2.29 bits per heavy atom. The Bertz CT molecular complexity index is 139. The average molecular weight is 216 g/mol. The Morgan fingerprint density at radius 1 is 1.57 bits per heavy atom. The molecule has 0 rings (SSSR count). The molecule has 0 aliphatic rings. The van der Waals surface area contributed by atoms with Crippen molar-refractivity contribution in [2.45, 2.75) is 50.8 Å². The third kappa shape index (κ3) is 7.42. The lowest BCUT2D eigenvalue weighted by Gasteiger charge is -2.17. The predicted octanol–water partition coefficient (Wildman–Crippen LogP) is 2.71. The fourth-order valence-electron chi connectivity index (χ4n) is 1.12. The molecule has 0 amide bonds. The van der Waals surface area contributed by atoms with E-state index in [9.17, 15) is 0 Å². The van der Waals surface area contributed by atoms with Gasteiger partial charge >= 0.3 is 0 Å². The van der Waals surface area contributed by atoms with Gasteiger partial charge in [-0.1, -0.05) is 19.9 Å². The van der Waals surface area contributed by atoms with E-state index in [-0.39, 0.29) is 0 Å². The Hall–Kier alpha value is 0.01000. The van der Waals surface area contributed by atoms with Crippen LogP contribution >= 0.6 is 11.8 Å². The molecular formula is C11H24N2S. The lowest BCUT2D eigenvalue weighted by Crippen LogP contribution is -2.37. The van der Waals surface area contributed by atoms with Crippen LogP contribution in [0.4, 0.5) is 0 Å². The summed E-state index contributed by atoms with van der Waals surface area (Å²) in [5, 5.41) is 0.741. The van der Waals surface area contributed by atoms with E-state index in [0.29, 0.717) is 6.04 Å². The van der Waals surface area contributed by atoms with Crippen LogP contribution < -0.4 is 11.3 Å². The van der Waals surface area contributed by atoms with Gasteiger partial charge in [-0.3, -0.25) is 11.3 Å². The first-order valence-corrected chi connectivity index (χ1v) is 6.48. The standard InChI is InChI=1S/C11H24N2S/c1-4-6-7-8-11(13-12)9-14-10(3)5-2/h4,10-11,13H,1,5-9,12H2,2-3H3. The summed E-state index contributed by atoms with van der Waals surface area (Å²) in [5.74, 6) is 6.61. The number of hydrazine groups is 1. The number of nitrogens with two attached hydrogens (primary N) is 1. The van der Waals surface area contributed by atoms with Crippen LogP contribution in [-0.4, -0.2) is 17.0 Å². The van der Waals surface area contributed by atoms with Crippen molar-refractivity contribution < 1.29 is 0 Å². The van der Waals surface area contributed by atoms with Crippen LogP contribution in [0.15, 0.2) is 12.7 Å². The summed E-state index contributed by atoms with van der Waals surface area (Å²) in [6.07, 6.45) is 6.61. The van der Waals surface area contributed by atoms with E-state index >= 15 is 0 Å². The third-order valence-electron chi connectivity index (χ3n) is 2.35. The maximum atomic E-state index is 5.49. The van der Waals surface area contributed by atoms with Gasteiger partial charge in [0.1, 0.15) is 0 Å². The number of unbranched alkanes of at least 4 members (excludes halogenated alkanes) is 1. The van der Waals surface area contributed by atoms with E-state index in [4.69, 9.17) is 5.84 Å². The largest absolute Gasteiger partial charge is 0.271 e. The van der Waals surface area contributed by atoms with Gasteiger partial charge in [-0.25, -0.2) is 0 Å². The van der Waals surface area contributed by atoms with Crippen LogP contribution in [0.2, 0.25) is 0 Å². The van der Waals surface area contributed by atoms with Gasteiger partial charge in [0.25, 0.3) is 0 Å². The van der Waals surface area contributed by atoms with Gasteiger partial charge in [-0.2, -0.15) is 11.8 Å². The Balaban J connectivity index is 3.51. The lowest BCUT2D eigenvalue weighted by molar-refractivity contribution is 0.522. The highest BCUT2D eigenvalue weighted by Crippen LogP contribution is 2.16. The van der Waals surface area contributed by atoms with Crippen LogP contribution in [0.3, 0.4) is 0 Å². The van der Waals surface area contributed by atoms with Crippen LogP contribution in [0.25, 0.3) is 0 Å². The average Bonchev–Trinajstić information content (AvgIpc) is 2.22. The van der Waals surface area contributed by atoms with Gasteiger partial charge in [0.15, 0.2) is 0 Å². The Labute approximate surface area is 92.7 Å². The molecule has 0 heterocycles. The highest BCUT2D eigenvalue weighted by Gasteiger charge is 2.08. The first-order valence-electron chi connectivity index (χ1n) is 5.43. The summed E-state index contributed by atoms with van der Waals surface area (Å²) in [7, 11) is 0. The normalized spacial score (nSPS) is 15.1. The van der Waals surface area contributed by atoms with Crippen LogP contribution in [-0.2, 0) is 0 Å². The van der Waals surface area contributed by atoms with Crippen molar-refractivity contribution in [3.63, 3.8) is 0 Å². The molecule has 14 heavy (non-hydrogen) atoms. The fraction of sp³-hybridized carbons (Fsp3) is 0.818. The van der Waals surface area contributed by atoms with Crippen molar-refractivity contribution >= 4 is 11.8 Å². The zero-order valence-corrected chi connectivity index (χ0v) is 10.3. The van der Waals surface area contributed by atoms with E-state index in [1.54, 1.807) is 0 Å². The van der Waals surface area contributed by atoms with Crippen LogP contribution in [0.5, 0.6) is 0 Å². The second kappa shape index (κ2) is 9.56. The second-order valence-corrected chi connectivity index (χ2v) is 5.11. The van der Waals surface area contributed by atoms with Gasteiger partial charge in [0, 0.05) is 17.0 Å². The molecule has 0 aromatic carbocycles. The summed E-state index contributed by atoms with van der Waals surface area (Å²) in [6, 6.07) is 0.453. The zero-order valence-electron chi connectivity index (χ0n) is 9.46. The summed E-state index contributed by atoms with van der Waals surface area (Å²) < 4.78 is 0. The van der Waals surface area contributed by atoms with Gasteiger partial charge in [0.05, 0.1) is 0 Å². The van der Waals surface area contributed by atoms with Crippen molar-refractivity contribution in [1.29, 1.82) is 0 Å². The van der Waals surface area contributed by atoms with Crippen molar-refractivity contribution in [2.75, 3.05) is 5.75 Å². The third-order valence-corrected chi connectivity index (χ3v) is 3.85. The molecule has 0 fully saturated rings. The smallest absolute Gasteiger partial charge is 0.0301 e. The number of hydrogen-bond donors (Lipinski definition) is 2. The van der Waals surface area contributed by atoms with Gasteiger partial charge < -0.3 is 0 Å². The molecule has 0 aliphatic carbocycles. The van der Waals surface area contributed by atoms with E-state index in [1.807, 2.05) is 17.8 Å². The number of nitrogens with one attached hydrogen (secondary N) is 1. The molecule has 0 spiro atoms. The van der Waals surface area contributed by atoms with Gasteiger partial charge in [-0.05, 0) is 25.7 Å². The first-order chi connectivity index (χ1) is 6.74. The number of rotatable bonds is 9. The van der Waals surface area contributed by atoms with Crippen molar-refractivity contribution in [2.24, 2.45) is 5.84 Å². The molecule has 0 aromatic rings. The minimum Gasteiger partial charge on any atom is -0.271 e. The lowest BCUT2D eigenvalue weighted by atomic mass is 10.1. The Morgan fingerprint density at radius 3 is 2.79 bits per heavy atom. The summed E-state index contributed by atoms with van der Waals surface area (Å²) in [6.45, 7) is 8.20. The molecule has 2 atom stereocenters. The van der Waals surface area contributed by atoms with Crippen LogP contribution in [0.1, 0.15) is 39.5 Å². The fourth-order valence-corrected chi connectivity index (χ4v) is 2.18. The number of thioether (sulfide) groups is 1. The molecule has 2 unspecified atom stereocenters. The topological polar surface area (TPSA) is 38.0 Å². The molecule has 84 valence electrons. The van der Waals surface area contributed by atoms with Crippen molar-refractivity contribution in [3.8, 4) is 0 Å². The van der Waals surface area contributed by atoms with Crippen molar-refractivity contribution in [3.05, 3.63) is 12.7 Å². The number of allylic oxidation sites excluding steroid dienone is 1. The molecule has 0 aliphatic heterocycles. The summed E-state index contributed by atoms with van der Waals surface area (Å²) in [4.78, 5) is 0. The highest BCUT2D eigenvalue weighted by molar-refractivity contribution is 7.99. The van der Waals surface area contributed by atoms with Gasteiger partial charge in [0.2, 0.25) is 0 Å². The molecular weight excluding hydrogens is 192 g/mol. The molecule has 3 heteroatoms. The predicted molar refractivity (Wildman–Crippen MR) is 67.4 cm³/mol. The molecule has 0 radical (unpaired) electrons. The molecule has 2 nitrogen and oxygen atoms in total. The summed E-state index contributed by atoms with van der Waals surface area (Å²) >= 11 is 2.00. The maximum Gasteiger partial charge on any atom is 0.0301 e. The highest BCUT2D eigenvalue weighted by atomic mass is 32.2. The van der Waals surface area contributed by atoms with E-state index in [1.165, 1.54) is 12.8 Å². The SMILES string of the molecule is C=CCCCC(CSC(C)CC)NN. The van der Waals surface area contributed by atoms with E-state index in [0.717, 1.165) is 23.8 Å².